The zero-order valence-corrected chi connectivity index (χ0v) is 14.2. The first-order chi connectivity index (χ1) is 11.1. The summed E-state index contributed by atoms with van der Waals surface area (Å²) in [5.41, 5.74) is 6.35. The number of aldehydes is 1. The first-order valence-corrected chi connectivity index (χ1v) is 8.70. The molecule has 4 atom stereocenters. The highest BCUT2D eigenvalue weighted by atomic mass is 16.1. The van der Waals surface area contributed by atoms with Crippen LogP contribution in [0.4, 0.5) is 5.69 Å². The van der Waals surface area contributed by atoms with Crippen molar-refractivity contribution < 1.29 is 14.8 Å². The summed E-state index contributed by atoms with van der Waals surface area (Å²) < 4.78 is 1.13. The number of hydrogen-bond acceptors (Lipinski definition) is 3. The van der Waals surface area contributed by atoms with Gasteiger partial charge in [0.15, 0.2) is 0 Å². The Morgan fingerprint density at radius 1 is 1.33 bits per heavy atom. The van der Waals surface area contributed by atoms with Crippen LogP contribution in [0.3, 0.4) is 0 Å². The number of quaternary nitrogens is 1. The molecule has 1 unspecified atom stereocenters. The normalized spacial score (nSPS) is 39.8. The van der Waals surface area contributed by atoms with Crippen molar-refractivity contribution in [2.75, 3.05) is 25.5 Å². The maximum absolute atomic E-state index is 12.0. The Kier molecular flexibility index (Phi) is 3.12. The summed E-state index contributed by atoms with van der Waals surface area (Å²) in [6, 6.07) is 9.27. The maximum atomic E-state index is 12.0. The van der Waals surface area contributed by atoms with Crippen molar-refractivity contribution in [2.45, 2.75) is 31.2 Å². The van der Waals surface area contributed by atoms with Gasteiger partial charge in [0.05, 0.1) is 19.0 Å². The van der Waals surface area contributed by atoms with Crippen LogP contribution in [0.1, 0.15) is 25.3 Å². The zero-order chi connectivity index (χ0) is 15.8. The van der Waals surface area contributed by atoms with E-state index in [0.717, 1.165) is 35.7 Å². The van der Waals surface area contributed by atoms with Crippen LogP contribution in [0.25, 0.3) is 0 Å². The molecule has 2 N–H and O–H groups in total. The number of rotatable bonds is 1. The minimum absolute atomic E-state index is 0. The minimum atomic E-state index is 0. The van der Waals surface area contributed by atoms with Crippen molar-refractivity contribution in [3.8, 4) is 0 Å². The molecule has 0 amide bonds. The molecule has 1 aromatic carbocycles. The van der Waals surface area contributed by atoms with Crippen LogP contribution in [0.15, 0.2) is 47.2 Å². The molecular formula is C20H24N2O2. The second-order valence-corrected chi connectivity index (χ2v) is 7.87. The Hall–Kier alpha value is -1.91. The van der Waals surface area contributed by atoms with E-state index in [-0.39, 0.29) is 10.9 Å². The summed E-state index contributed by atoms with van der Waals surface area (Å²) in [6.07, 6.45) is 5.65. The number of para-hydroxylation sites is 1. The van der Waals surface area contributed by atoms with Crippen molar-refractivity contribution in [3.05, 3.63) is 52.7 Å². The van der Waals surface area contributed by atoms with Gasteiger partial charge in [-0.1, -0.05) is 24.3 Å². The number of carbonyl (C=O) groups excluding carboxylic acids is 1. The molecule has 1 aliphatic carbocycles. The van der Waals surface area contributed by atoms with E-state index < -0.39 is 0 Å². The van der Waals surface area contributed by atoms with Crippen molar-refractivity contribution in [1.82, 2.24) is 0 Å². The van der Waals surface area contributed by atoms with E-state index in [2.05, 4.69) is 49.6 Å². The van der Waals surface area contributed by atoms with Gasteiger partial charge in [-0.15, -0.1) is 0 Å². The summed E-state index contributed by atoms with van der Waals surface area (Å²) in [5, 5.41) is 3.66. The molecule has 3 heterocycles. The molecule has 1 spiro atoms. The van der Waals surface area contributed by atoms with Crippen LogP contribution in [0.2, 0.25) is 0 Å². The van der Waals surface area contributed by atoms with E-state index in [1.165, 1.54) is 29.1 Å². The molecule has 2 fully saturated rings. The zero-order valence-electron chi connectivity index (χ0n) is 14.2. The van der Waals surface area contributed by atoms with Crippen molar-refractivity contribution in [1.29, 1.82) is 0 Å². The van der Waals surface area contributed by atoms with E-state index in [1.807, 2.05) is 0 Å². The molecule has 4 aliphatic rings. The summed E-state index contributed by atoms with van der Waals surface area (Å²) in [6.45, 7) is 4.42. The minimum Gasteiger partial charge on any atom is -0.870 e. The maximum Gasteiger partial charge on any atom is 0.148 e. The third-order valence-electron chi connectivity index (χ3n) is 7.06. The number of benzene rings is 1. The highest BCUT2D eigenvalue weighted by Gasteiger charge is 2.67. The van der Waals surface area contributed by atoms with Crippen LogP contribution < -0.4 is 5.32 Å². The third-order valence-corrected chi connectivity index (χ3v) is 7.06. The van der Waals surface area contributed by atoms with Gasteiger partial charge in [-0.3, -0.25) is 4.79 Å². The lowest BCUT2D eigenvalue weighted by molar-refractivity contribution is -0.923. The van der Waals surface area contributed by atoms with Crippen LogP contribution in [0, 0.1) is 5.92 Å². The first kappa shape index (κ1) is 15.6. The SMILES string of the molecule is C/C=C1/C[N+]2(C)CC[C@]34C(=C(C=O)[C@H]1C[C@@H]32)Nc1ccccc14.[OH-]. The number of anilines is 1. The van der Waals surface area contributed by atoms with Crippen LogP contribution >= 0.6 is 0 Å². The second kappa shape index (κ2) is 4.80. The Bertz CT molecular complexity index is 797. The lowest BCUT2D eigenvalue weighted by atomic mass is 9.61. The number of nitrogens with one attached hydrogen (secondary N) is 1. The van der Waals surface area contributed by atoms with Gasteiger partial charge in [-0.2, -0.15) is 0 Å². The van der Waals surface area contributed by atoms with Gasteiger partial charge in [-0.05, 0) is 24.1 Å². The largest absolute Gasteiger partial charge is 0.870 e. The molecule has 0 aromatic heterocycles. The number of piperidine rings is 1. The van der Waals surface area contributed by atoms with Gasteiger partial charge in [0, 0.05) is 35.7 Å². The number of allylic oxidation sites excluding steroid dienone is 2. The van der Waals surface area contributed by atoms with E-state index in [0.29, 0.717) is 12.0 Å². The Morgan fingerprint density at radius 2 is 2.12 bits per heavy atom. The predicted octanol–water partition coefficient (Wildman–Crippen LogP) is 2.82. The highest BCUT2D eigenvalue weighted by molar-refractivity contribution is 5.84. The van der Waals surface area contributed by atoms with Crippen molar-refractivity contribution >= 4 is 12.0 Å². The highest BCUT2D eigenvalue weighted by Crippen LogP contribution is 2.62. The number of hydrogen-bond donors (Lipinski definition) is 1. The monoisotopic (exact) mass is 324 g/mol. The smallest absolute Gasteiger partial charge is 0.148 e. The predicted molar refractivity (Wildman–Crippen MR) is 93.0 cm³/mol. The Balaban J connectivity index is 0.00000146. The molecule has 2 saturated heterocycles. The average Bonchev–Trinajstić information content (AvgIpc) is 3.08. The lowest BCUT2D eigenvalue weighted by Crippen LogP contribution is -2.61. The fourth-order valence-electron chi connectivity index (χ4n) is 6.07. The van der Waals surface area contributed by atoms with Crippen LogP contribution in [-0.2, 0) is 10.2 Å². The Morgan fingerprint density at radius 3 is 2.88 bits per heavy atom. The molecule has 0 radical (unpaired) electrons. The fourth-order valence-corrected chi connectivity index (χ4v) is 6.07. The molecule has 24 heavy (non-hydrogen) atoms. The van der Waals surface area contributed by atoms with E-state index in [1.54, 1.807) is 0 Å². The number of carbonyl (C=O) groups is 1. The molecular weight excluding hydrogens is 300 g/mol. The van der Waals surface area contributed by atoms with E-state index >= 15 is 0 Å². The standard InChI is InChI=1S/C20H22N2O.H2O/c1-3-13-11-22(2)9-8-20-16-6-4-5-7-17(16)21-19(20)15(12-23)14(13)10-18(20)22;/h3-7,12,14,18H,8-11H2,1-2H3;1H2/b13-3-;/t14-,18-,20+,22?;/m0./s1. The summed E-state index contributed by atoms with van der Waals surface area (Å²) >= 11 is 0. The molecule has 4 heteroatoms. The molecule has 0 saturated carbocycles. The van der Waals surface area contributed by atoms with Gasteiger partial charge in [0.1, 0.15) is 18.9 Å². The molecule has 3 aliphatic heterocycles. The molecule has 1 aromatic rings. The molecule has 5 rings (SSSR count). The first-order valence-electron chi connectivity index (χ1n) is 8.70. The van der Waals surface area contributed by atoms with Gasteiger partial charge in [0.2, 0.25) is 0 Å². The van der Waals surface area contributed by atoms with Gasteiger partial charge in [0.25, 0.3) is 0 Å². The molecule has 126 valence electrons. The van der Waals surface area contributed by atoms with E-state index in [4.69, 9.17) is 0 Å². The van der Waals surface area contributed by atoms with Gasteiger partial charge < -0.3 is 15.3 Å². The van der Waals surface area contributed by atoms with Crippen LogP contribution in [0.5, 0.6) is 0 Å². The topological polar surface area (TPSA) is 59.1 Å². The summed E-state index contributed by atoms with van der Waals surface area (Å²) in [4.78, 5) is 12.0. The fraction of sp³-hybridized carbons (Fsp3) is 0.450. The Labute approximate surface area is 142 Å². The molecule has 2 bridgehead atoms. The number of likely N-dealkylation sites (N-methyl/N-ethyl adjacent to an activating group) is 1. The lowest BCUT2D eigenvalue weighted by Gasteiger charge is -2.51. The molecule has 4 nitrogen and oxygen atoms in total. The summed E-state index contributed by atoms with van der Waals surface area (Å²) in [5.74, 6) is 0.316. The van der Waals surface area contributed by atoms with Crippen molar-refractivity contribution in [2.24, 2.45) is 5.92 Å². The van der Waals surface area contributed by atoms with Crippen molar-refractivity contribution in [3.63, 3.8) is 0 Å². The van der Waals surface area contributed by atoms with E-state index in [9.17, 15) is 4.79 Å². The van der Waals surface area contributed by atoms with Gasteiger partial charge in [-0.25, -0.2) is 0 Å². The number of fused-ring (bicyclic) bond motifs is 2. The quantitative estimate of drug-likeness (QED) is 0.491. The summed E-state index contributed by atoms with van der Waals surface area (Å²) in [7, 11) is 2.42. The van der Waals surface area contributed by atoms with Gasteiger partial charge >= 0.3 is 0 Å². The van der Waals surface area contributed by atoms with Crippen LogP contribution in [-0.4, -0.2) is 42.4 Å². The second-order valence-electron chi connectivity index (χ2n) is 7.87. The number of nitrogens with zero attached hydrogens (tertiary/aromatic N) is 1. The average molecular weight is 324 g/mol. The third kappa shape index (κ3) is 1.53.